The first-order chi connectivity index (χ1) is 31.7. The Balaban J connectivity index is 1.06. The molecule has 4 nitrogen and oxygen atoms in total. The van der Waals surface area contributed by atoms with E-state index >= 15 is 0 Å². The molecule has 0 unspecified atom stereocenters. The molecule has 13 rings (SSSR count). The fraction of sp³-hybridized carbons (Fsp3) is 0.0333. The van der Waals surface area contributed by atoms with Gasteiger partial charge >= 0.3 is 0 Å². The molecule has 0 bridgehead atoms. The van der Waals surface area contributed by atoms with E-state index < -0.39 is 0 Å². The summed E-state index contributed by atoms with van der Waals surface area (Å²) in [5.41, 5.74) is 18.6. The Bertz CT molecular complexity index is 3630. The molecule has 0 N–H and O–H groups in total. The van der Waals surface area contributed by atoms with Crippen LogP contribution in [0.1, 0.15) is 11.1 Å². The van der Waals surface area contributed by atoms with Crippen molar-refractivity contribution in [3.8, 4) is 67.5 Å². The van der Waals surface area contributed by atoms with Crippen LogP contribution in [0.25, 0.3) is 111 Å². The van der Waals surface area contributed by atoms with Gasteiger partial charge in [0.05, 0.1) is 33.5 Å². The maximum absolute atomic E-state index is 5.49. The van der Waals surface area contributed by atoms with E-state index in [1.807, 2.05) is 0 Å². The van der Waals surface area contributed by atoms with Gasteiger partial charge in [-0.1, -0.05) is 170 Å². The van der Waals surface area contributed by atoms with Crippen molar-refractivity contribution in [3.05, 3.63) is 230 Å². The van der Waals surface area contributed by atoms with Gasteiger partial charge in [-0.15, -0.1) is 0 Å². The molecule has 0 radical (unpaired) electrons. The first-order valence-electron chi connectivity index (χ1n) is 22.1. The lowest BCUT2D eigenvalue weighted by molar-refractivity contribution is 0.941. The normalized spacial score (nSPS) is 12.2. The minimum absolute atomic E-state index is 0.900. The SMILES string of the molecule is c1ccc(-c2cc(-c3ccccc3)nc(-n3c4ccccc4c4cc5c(cc43)-c3ccc4c6ccccc6n(-c6cc(-c7ccccc7)cc(-c7ccccc7)n6)c4c3CC5)c2)cc1. The quantitative estimate of drug-likeness (QED) is 0.168. The number of benzene rings is 8. The van der Waals surface area contributed by atoms with Crippen LogP contribution in [-0.4, -0.2) is 19.1 Å². The lowest BCUT2D eigenvalue weighted by atomic mass is 9.83. The van der Waals surface area contributed by atoms with Gasteiger partial charge in [0.25, 0.3) is 0 Å². The van der Waals surface area contributed by atoms with Gasteiger partial charge in [-0.3, -0.25) is 9.13 Å². The molecule has 0 aliphatic heterocycles. The summed E-state index contributed by atoms with van der Waals surface area (Å²) in [6.07, 6.45) is 1.86. The van der Waals surface area contributed by atoms with Crippen LogP contribution in [0.2, 0.25) is 0 Å². The van der Waals surface area contributed by atoms with Gasteiger partial charge in [-0.05, 0) is 106 Å². The van der Waals surface area contributed by atoms with E-state index in [1.54, 1.807) is 0 Å². The molecule has 4 heteroatoms. The summed E-state index contributed by atoms with van der Waals surface area (Å²) in [6, 6.07) is 78.6. The fourth-order valence-electron chi connectivity index (χ4n) is 10.3. The summed E-state index contributed by atoms with van der Waals surface area (Å²) < 4.78 is 4.82. The van der Waals surface area contributed by atoms with E-state index in [9.17, 15) is 0 Å². The number of aryl methyl sites for hydroxylation is 2. The van der Waals surface area contributed by atoms with Crippen molar-refractivity contribution in [2.45, 2.75) is 12.8 Å². The van der Waals surface area contributed by atoms with E-state index in [4.69, 9.17) is 9.97 Å². The van der Waals surface area contributed by atoms with Crippen molar-refractivity contribution < 1.29 is 0 Å². The number of rotatable bonds is 6. The summed E-state index contributed by atoms with van der Waals surface area (Å²) in [7, 11) is 0. The Morgan fingerprint density at radius 1 is 0.312 bits per heavy atom. The molecule has 300 valence electrons. The van der Waals surface area contributed by atoms with Crippen LogP contribution in [0.3, 0.4) is 0 Å². The molecule has 8 aromatic carbocycles. The van der Waals surface area contributed by atoms with Crippen LogP contribution in [-0.2, 0) is 12.8 Å². The Hall–Kier alpha value is -8.34. The minimum Gasteiger partial charge on any atom is -0.294 e. The smallest absolute Gasteiger partial charge is 0.138 e. The standard InChI is InChI=1S/C60H40N4/c1-5-17-39(18-6-1)44-34-53(41-21-9-3-10-22-41)61-58(36-44)63-55-27-15-14-26-48(55)52-33-43-29-30-49-46(51(43)38-57(52)63)31-32-50-47-25-13-16-28-56(47)64(60(49)50)59-37-45(40-19-7-2-8-20-40)35-54(62-59)42-23-11-4-12-24-42/h1-28,31-38H,29-30H2. The highest BCUT2D eigenvalue weighted by atomic mass is 15.1. The van der Waals surface area contributed by atoms with Crippen LogP contribution in [0.5, 0.6) is 0 Å². The van der Waals surface area contributed by atoms with Crippen molar-refractivity contribution >= 4 is 43.6 Å². The number of hydrogen-bond acceptors (Lipinski definition) is 2. The number of aromatic nitrogens is 4. The molecule has 4 aromatic heterocycles. The molecule has 0 atom stereocenters. The van der Waals surface area contributed by atoms with Gasteiger partial charge in [0.2, 0.25) is 0 Å². The third kappa shape index (κ3) is 5.84. The van der Waals surface area contributed by atoms with Crippen LogP contribution < -0.4 is 0 Å². The first kappa shape index (κ1) is 36.3. The average Bonchev–Trinajstić information content (AvgIpc) is 3.89. The second-order valence-electron chi connectivity index (χ2n) is 16.9. The molecule has 0 saturated carbocycles. The largest absolute Gasteiger partial charge is 0.294 e. The van der Waals surface area contributed by atoms with E-state index in [0.717, 1.165) is 80.2 Å². The molecular formula is C60H40N4. The number of pyridine rings is 2. The van der Waals surface area contributed by atoms with Gasteiger partial charge in [0.1, 0.15) is 11.6 Å². The second kappa shape index (κ2) is 14.6. The molecular weight excluding hydrogens is 777 g/mol. The maximum atomic E-state index is 5.49. The molecule has 0 saturated heterocycles. The van der Waals surface area contributed by atoms with Crippen molar-refractivity contribution in [1.29, 1.82) is 0 Å². The third-order valence-electron chi connectivity index (χ3n) is 13.2. The molecule has 12 aromatic rings. The topological polar surface area (TPSA) is 35.6 Å². The summed E-state index contributed by atoms with van der Waals surface area (Å²) in [5, 5.41) is 4.95. The number of para-hydroxylation sites is 2. The van der Waals surface area contributed by atoms with Gasteiger partial charge < -0.3 is 0 Å². The highest BCUT2D eigenvalue weighted by Crippen LogP contribution is 2.45. The maximum Gasteiger partial charge on any atom is 0.138 e. The van der Waals surface area contributed by atoms with Crippen molar-refractivity contribution in [3.63, 3.8) is 0 Å². The van der Waals surface area contributed by atoms with Crippen molar-refractivity contribution in [2.75, 3.05) is 0 Å². The minimum atomic E-state index is 0.900. The van der Waals surface area contributed by atoms with Gasteiger partial charge in [0, 0.05) is 32.7 Å². The summed E-state index contributed by atoms with van der Waals surface area (Å²) >= 11 is 0. The number of fused-ring (bicyclic) bond motifs is 10. The molecule has 1 aliphatic rings. The summed E-state index contributed by atoms with van der Waals surface area (Å²) in [6.45, 7) is 0. The zero-order valence-electron chi connectivity index (χ0n) is 35.0. The average molecular weight is 817 g/mol. The first-order valence-corrected chi connectivity index (χ1v) is 22.1. The molecule has 0 amide bonds. The van der Waals surface area contributed by atoms with Crippen LogP contribution in [0.4, 0.5) is 0 Å². The monoisotopic (exact) mass is 816 g/mol. The molecule has 0 fully saturated rings. The Morgan fingerprint density at radius 3 is 1.38 bits per heavy atom. The molecule has 0 spiro atoms. The van der Waals surface area contributed by atoms with Crippen LogP contribution in [0, 0.1) is 0 Å². The van der Waals surface area contributed by atoms with E-state index in [2.05, 4.69) is 228 Å². The Labute approximate surface area is 371 Å². The lowest BCUT2D eigenvalue weighted by Crippen LogP contribution is -2.08. The highest BCUT2D eigenvalue weighted by molar-refractivity contribution is 6.14. The fourth-order valence-corrected chi connectivity index (χ4v) is 10.3. The van der Waals surface area contributed by atoms with Gasteiger partial charge in [-0.2, -0.15) is 0 Å². The zero-order chi connectivity index (χ0) is 42.1. The lowest BCUT2D eigenvalue weighted by Gasteiger charge is -2.23. The number of nitrogens with zero attached hydrogens (tertiary/aromatic N) is 4. The van der Waals surface area contributed by atoms with Crippen molar-refractivity contribution in [2.24, 2.45) is 0 Å². The Morgan fingerprint density at radius 2 is 0.797 bits per heavy atom. The Kier molecular flexibility index (Phi) is 8.31. The second-order valence-corrected chi connectivity index (χ2v) is 16.9. The molecule has 64 heavy (non-hydrogen) atoms. The van der Waals surface area contributed by atoms with E-state index in [0.29, 0.717) is 0 Å². The van der Waals surface area contributed by atoms with Gasteiger partial charge in [-0.25, -0.2) is 9.97 Å². The predicted octanol–water partition coefficient (Wildman–Crippen LogP) is 15.1. The third-order valence-corrected chi connectivity index (χ3v) is 13.2. The number of hydrogen-bond donors (Lipinski definition) is 0. The highest BCUT2D eigenvalue weighted by Gasteiger charge is 2.26. The molecule has 4 heterocycles. The van der Waals surface area contributed by atoms with Crippen LogP contribution >= 0.6 is 0 Å². The van der Waals surface area contributed by atoms with Gasteiger partial charge in [0.15, 0.2) is 0 Å². The summed E-state index contributed by atoms with van der Waals surface area (Å²) in [4.78, 5) is 10.9. The van der Waals surface area contributed by atoms with E-state index in [-0.39, 0.29) is 0 Å². The van der Waals surface area contributed by atoms with Crippen LogP contribution in [0.15, 0.2) is 218 Å². The summed E-state index contributed by atoms with van der Waals surface area (Å²) in [5.74, 6) is 1.82. The zero-order valence-corrected chi connectivity index (χ0v) is 35.0. The van der Waals surface area contributed by atoms with E-state index in [1.165, 1.54) is 54.9 Å². The van der Waals surface area contributed by atoms with Crippen molar-refractivity contribution in [1.82, 2.24) is 19.1 Å². The predicted molar refractivity (Wildman–Crippen MR) is 265 cm³/mol. The molecule has 1 aliphatic carbocycles.